The van der Waals surface area contributed by atoms with Gasteiger partial charge >= 0.3 is 0 Å². The van der Waals surface area contributed by atoms with Crippen molar-refractivity contribution in [3.05, 3.63) is 29.8 Å². The van der Waals surface area contributed by atoms with Crippen molar-refractivity contribution in [2.24, 2.45) is 5.73 Å². The minimum absolute atomic E-state index is 0.493. The number of methoxy groups -OCH3 is 1. The maximum absolute atomic E-state index is 10.1. The lowest BCUT2D eigenvalue weighted by Gasteiger charge is -2.20. The Labute approximate surface area is 103 Å². The first-order valence-electron chi connectivity index (χ1n) is 5.88. The first-order chi connectivity index (χ1) is 8.17. The van der Waals surface area contributed by atoms with Crippen LogP contribution in [-0.2, 0) is 0 Å². The van der Waals surface area contributed by atoms with E-state index in [0.29, 0.717) is 13.1 Å². The minimum Gasteiger partial charge on any atom is -0.497 e. The Morgan fingerprint density at radius 3 is 2.88 bits per heavy atom. The fraction of sp³-hybridized carbons (Fsp3) is 0.538. The van der Waals surface area contributed by atoms with Gasteiger partial charge in [0.15, 0.2) is 0 Å². The molecule has 3 N–H and O–H groups in total. The van der Waals surface area contributed by atoms with E-state index < -0.39 is 6.10 Å². The van der Waals surface area contributed by atoms with Crippen LogP contribution in [0.5, 0.6) is 5.75 Å². The lowest BCUT2D eigenvalue weighted by atomic mass is 10.1. The third-order valence-electron chi connectivity index (χ3n) is 2.71. The smallest absolute Gasteiger partial charge is 0.119 e. The van der Waals surface area contributed by atoms with Crippen molar-refractivity contribution >= 4 is 0 Å². The van der Waals surface area contributed by atoms with Crippen LogP contribution in [0.4, 0.5) is 0 Å². The van der Waals surface area contributed by atoms with E-state index in [1.54, 1.807) is 7.11 Å². The average molecular weight is 238 g/mol. The third kappa shape index (κ3) is 4.73. The van der Waals surface area contributed by atoms with Gasteiger partial charge in [-0.05, 0) is 44.3 Å². The average Bonchev–Trinajstić information content (AvgIpc) is 2.36. The number of aliphatic hydroxyl groups excluding tert-OH is 1. The molecule has 0 radical (unpaired) electrons. The number of aliphatic hydroxyl groups is 1. The summed E-state index contributed by atoms with van der Waals surface area (Å²) in [5, 5.41) is 10.1. The second-order valence-corrected chi connectivity index (χ2v) is 4.20. The molecule has 0 fully saturated rings. The Bertz CT molecular complexity index is 331. The van der Waals surface area contributed by atoms with E-state index in [-0.39, 0.29) is 0 Å². The van der Waals surface area contributed by atoms with Crippen molar-refractivity contribution in [1.29, 1.82) is 0 Å². The van der Waals surface area contributed by atoms with Gasteiger partial charge in [0.1, 0.15) is 5.75 Å². The highest BCUT2D eigenvalue weighted by Gasteiger charge is 2.10. The highest BCUT2D eigenvalue weighted by atomic mass is 16.5. The largest absolute Gasteiger partial charge is 0.497 e. The molecule has 4 nitrogen and oxygen atoms in total. The molecule has 0 aromatic heterocycles. The molecule has 1 aromatic rings. The summed E-state index contributed by atoms with van der Waals surface area (Å²) in [4.78, 5) is 2.08. The number of likely N-dealkylation sites (N-methyl/N-ethyl adjacent to an activating group) is 1. The summed E-state index contributed by atoms with van der Waals surface area (Å²) >= 11 is 0. The molecule has 0 spiro atoms. The van der Waals surface area contributed by atoms with Crippen LogP contribution in [-0.4, -0.2) is 43.8 Å². The molecule has 0 saturated heterocycles. The van der Waals surface area contributed by atoms with Gasteiger partial charge in [0, 0.05) is 6.54 Å². The summed E-state index contributed by atoms with van der Waals surface area (Å²) in [5.41, 5.74) is 6.33. The molecule has 0 aliphatic heterocycles. The van der Waals surface area contributed by atoms with Crippen LogP contribution < -0.4 is 10.5 Å². The minimum atomic E-state index is -0.493. The van der Waals surface area contributed by atoms with Crippen molar-refractivity contribution in [1.82, 2.24) is 4.90 Å². The van der Waals surface area contributed by atoms with Crippen LogP contribution >= 0.6 is 0 Å². The summed E-state index contributed by atoms with van der Waals surface area (Å²) in [6, 6.07) is 7.52. The molecular formula is C13H22N2O2. The molecule has 0 heterocycles. The Balaban J connectivity index is 2.53. The Morgan fingerprint density at radius 2 is 2.24 bits per heavy atom. The number of hydrogen-bond acceptors (Lipinski definition) is 4. The predicted molar refractivity (Wildman–Crippen MR) is 69.1 cm³/mol. The topological polar surface area (TPSA) is 58.7 Å². The van der Waals surface area contributed by atoms with E-state index in [2.05, 4.69) is 4.90 Å². The van der Waals surface area contributed by atoms with Crippen molar-refractivity contribution < 1.29 is 9.84 Å². The zero-order chi connectivity index (χ0) is 12.7. The molecule has 0 aliphatic rings. The number of nitrogens with zero attached hydrogens (tertiary/aromatic N) is 1. The first kappa shape index (κ1) is 14.0. The number of ether oxygens (including phenoxy) is 1. The van der Waals surface area contributed by atoms with E-state index in [1.165, 1.54) is 0 Å². The van der Waals surface area contributed by atoms with Crippen molar-refractivity contribution in [2.75, 3.05) is 33.8 Å². The highest BCUT2D eigenvalue weighted by Crippen LogP contribution is 2.19. The summed E-state index contributed by atoms with van der Waals surface area (Å²) < 4.78 is 5.13. The maximum Gasteiger partial charge on any atom is 0.119 e. The number of nitrogens with two attached hydrogens (primary N) is 1. The van der Waals surface area contributed by atoms with Crippen LogP contribution in [0, 0.1) is 0 Å². The quantitative estimate of drug-likeness (QED) is 0.744. The Hall–Kier alpha value is -1.10. The van der Waals surface area contributed by atoms with Gasteiger partial charge < -0.3 is 20.5 Å². The van der Waals surface area contributed by atoms with Gasteiger partial charge in [-0.3, -0.25) is 0 Å². The van der Waals surface area contributed by atoms with Gasteiger partial charge in [-0.1, -0.05) is 12.1 Å². The second kappa shape index (κ2) is 7.27. The standard InChI is InChI=1S/C13H22N2O2/c1-15(8-4-7-14)10-13(16)11-5-3-6-12(9-11)17-2/h3,5-6,9,13,16H,4,7-8,10,14H2,1-2H3. The molecule has 0 aliphatic carbocycles. The van der Waals surface area contributed by atoms with E-state index in [9.17, 15) is 5.11 Å². The molecule has 1 aromatic carbocycles. The van der Waals surface area contributed by atoms with Gasteiger partial charge in [-0.2, -0.15) is 0 Å². The fourth-order valence-electron chi connectivity index (χ4n) is 1.70. The van der Waals surface area contributed by atoms with E-state index in [0.717, 1.165) is 24.3 Å². The summed E-state index contributed by atoms with van der Waals surface area (Å²) in [7, 11) is 3.61. The van der Waals surface area contributed by atoms with E-state index in [1.807, 2.05) is 31.3 Å². The number of hydrogen-bond donors (Lipinski definition) is 2. The lowest BCUT2D eigenvalue weighted by molar-refractivity contribution is 0.126. The summed E-state index contributed by atoms with van der Waals surface area (Å²) in [6.07, 6.45) is 0.453. The Kier molecular flexibility index (Phi) is 5.97. The van der Waals surface area contributed by atoms with Crippen LogP contribution in [0.1, 0.15) is 18.1 Å². The monoisotopic (exact) mass is 238 g/mol. The third-order valence-corrected chi connectivity index (χ3v) is 2.71. The van der Waals surface area contributed by atoms with Crippen LogP contribution in [0.3, 0.4) is 0 Å². The predicted octanol–water partition coefficient (Wildman–Crippen LogP) is 1.01. The van der Waals surface area contributed by atoms with Crippen LogP contribution in [0.25, 0.3) is 0 Å². The zero-order valence-corrected chi connectivity index (χ0v) is 10.6. The normalized spacial score (nSPS) is 12.8. The number of benzene rings is 1. The number of rotatable bonds is 7. The lowest BCUT2D eigenvalue weighted by Crippen LogP contribution is -2.27. The molecule has 0 bridgehead atoms. The van der Waals surface area contributed by atoms with Gasteiger partial charge in [0.2, 0.25) is 0 Å². The summed E-state index contributed by atoms with van der Waals surface area (Å²) in [6.45, 7) is 2.18. The molecule has 0 saturated carbocycles. The van der Waals surface area contributed by atoms with Gasteiger partial charge in [-0.15, -0.1) is 0 Å². The SMILES string of the molecule is COc1cccc(C(O)CN(C)CCCN)c1. The molecule has 1 unspecified atom stereocenters. The van der Waals surface area contributed by atoms with Crippen molar-refractivity contribution in [3.63, 3.8) is 0 Å². The van der Waals surface area contributed by atoms with Gasteiger partial charge in [0.25, 0.3) is 0 Å². The Morgan fingerprint density at radius 1 is 1.47 bits per heavy atom. The van der Waals surface area contributed by atoms with Crippen LogP contribution in [0.15, 0.2) is 24.3 Å². The first-order valence-corrected chi connectivity index (χ1v) is 5.88. The fourth-order valence-corrected chi connectivity index (χ4v) is 1.70. The van der Waals surface area contributed by atoms with E-state index >= 15 is 0 Å². The molecular weight excluding hydrogens is 216 g/mol. The van der Waals surface area contributed by atoms with Crippen molar-refractivity contribution in [3.8, 4) is 5.75 Å². The van der Waals surface area contributed by atoms with Crippen LogP contribution in [0.2, 0.25) is 0 Å². The molecule has 4 heteroatoms. The molecule has 96 valence electrons. The molecule has 17 heavy (non-hydrogen) atoms. The van der Waals surface area contributed by atoms with Gasteiger partial charge in [-0.25, -0.2) is 0 Å². The van der Waals surface area contributed by atoms with Gasteiger partial charge in [0.05, 0.1) is 13.2 Å². The molecule has 1 atom stereocenters. The molecule has 1 rings (SSSR count). The van der Waals surface area contributed by atoms with E-state index in [4.69, 9.17) is 10.5 Å². The summed E-state index contributed by atoms with van der Waals surface area (Å²) in [5.74, 6) is 0.770. The molecule has 0 amide bonds. The van der Waals surface area contributed by atoms with Crippen molar-refractivity contribution in [2.45, 2.75) is 12.5 Å². The second-order valence-electron chi connectivity index (χ2n) is 4.20. The maximum atomic E-state index is 10.1. The zero-order valence-electron chi connectivity index (χ0n) is 10.6. The highest BCUT2D eigenvalue weighted by molar-refractivity contribution is 5.29.